The molecule has 2 aromatic heterocycles. The molecule has 4 N–H and O–H groups in total. The molecule has 0 aromatic carbocycles. The Morgan fingerprint density at radius 1 is 1.33 bits per heavy atom. The second-order valence-electron chi connectivity index (χ2n) is 5.74. The zero-order valence-corrected chi connectivity index (χ0v) is 12.2. The average molecular weight is 287 g/mol. The van der Waals surface area contributed by atoms with Crippen molar-refractivity contribution >= 4 is 16.9 Å². The number of aryl methyl sites for hydroxylation is 1. The number of anilines is 1. The fourth-order valence-electron chi connectivity index (χ4n) is 3.16. The lowest BCUT2D eigenvalue weighted by Gasteiger charge is -2.25. The van der Waals surface area contributed by atoms with E-state index in [1.165, 1.54) is 6.07 Å². The molecule has 1 fully saturated rings. The third-order valence-electron chi connectivity index (χ3n) is 4.28. The second kappa shape index (κ2) is 5.44. The first-order chi connectivity index (χ1) is 10.1. The maximum Gasteiger partial charge on any atom is 0.252 e. The first-order valence-corrected chi connectivity index (χ1v) is 7.52. The van der Waals surface area contributed by atoms with Gasteiger partial charge in [0.05, 0.1) is 5.39 Å². The number of rotatable bonds is 2. The largest absolute Gasteiger partial charge is 0.383 e. The lowest BCUT2D eigenvalue weighted by Crippen LogP contribution is -2.28. The van der Waals surface area contributed by atoms with Gasteiger partial charge in [0.2, 0.25) is 0 Å². The Morgan fingerprint density at radius 2 is 2.14 bits per heavy atom. The van der Waals surface area contributed by atoms with Crippen molar-refractivity contribution in [3.05, 3.63) is 28.3 Å². The van der Waals surface area contributed by atoms with Gasteiger partial charge in [0, 0.05) is 24.6 Å². The predicted molar refractivity (Wildman–Crippen MR) is 83.1 cm³/mol. The quantitative estimate of drug-likeness (QED) is 0.869. The lowest BCUT2D eigenvalue weighted by atomic mass is 9.85. The molecule has 0 amide bonds. The maximum atomic E-state index is 12.0. The highest BCUT2D eigenvalue weighted by Crippen LogP contribution is 2.31. The Kier molecular flexibility index (Phi) is 3.63. The topological polar surface area (TPSA) is 99.8 Å². The van der Waals surface area contributed by atoms with Crippen LogP contribution < -0.4 is 17.0 Å². The van der Waals surface area contributed by atoms with Gasteiger partial charge in [-0.2, -0.15) is 0 Å². The SMILES string of the molecule is CCn1c(=O)ccc2c(N)nc(C3CCCC(N)C3)nc21. The molecule has 2 aromatic rings. The Hall–Kier alpha value is -1.95. The molecule has 1 saturated carbocycles. The van der Waals surface area contributed by atoms with Crippen molar-refractivity contribution in [1.82, 2.24) is 14.5 Å². The highest BCUT2D eigenvalue weighted by atomic mass is 16.1. The maximum absolute atomic E-state index is 12.0. The van der Waals surface area contributed by atoms with Crippen LogP contribution in [-0.4, -0.2) is 20.6 Å². The molecule has 6 heteroatoms. The van der Waals surface area contributed by atoms with Crippen molar-refractivity contribution in [2.24, 2.45) is 5.73 Å². The highest BCUT2D eigenvalue weighted by molar-refractivity contribution is 5.85. The highest BCUT2D eigenvalue weighted by Gasteiger charge is 2.24. The van der Waals surface area contributed by atoms with E-state index < -0.39 is 0 Å². The zero-order chi connectivity index (χ0) is 15.0. The van der Waals surface area contributed by atoms with Crippen LogP contribution >= 0.6 is 0 Å². The summed E-state index contributed by atoms with van der Waals surface area (Å²) in [5, 5.41) is 0.736. The summed E-state index contributed by atoms with van der Waals surface area (Å²) < 4.78 is 1.64. The first kappa shape index (κ1) is 14.0. The third kappa shape index (κ3) is 2.51. The third-order valence-corrected chi connectivity index (χ3v) is 4.28. The smallest absolute Gasteiger partial charge is 0.252 e. The van der Waals surface area contributed by atoms with E-state index in [4.69, 9.17) is 11.5 Å². The van der Waals surface area contributed by atoms with Gasteiger partial charge in [-0.3, -0.25) is 9.36 Å². The lowest BCUT2D eigenvalue weighted by molar-refractivity contribution is 0.382. The molecular weight excluding hydrogens is 266 g/mol. The van der Waals surface area contributed by atoms with Crippen LogP contribution in [0.15, 0.2) is 16.9 Å². The Bertz CT molecular complexity index is 724. The van der Waals surface area contributed by atoms with Crippen molar-refractivity contribution in [3.8, 4) is 0 Å². The van der Waals surface area contributed by atoms with Gasteiger partial charge in [-0.15, -0.1) is 0 Å². The van der Waals surface area contributed by atoms with Crippen molar-refractivity contribution in [1.29, 1.82) is 0 Å². The molecule has 1 aliphatic carbocycles. The number of pyridine rings is 1. The Morgan fingerprint density at radius 3 is 2.86 bits per heavy atom. The molecule has 3 rings (SSSR count). The normalized spacial score (nSPS) is 22.6. The van der Waals surface area contributed by atoms with Crippen LogP contribution in [0.4, 0.5) is 5.82 Å². The predicted octanol–water partition coefficient (Wildman–Crippen LogP) is 1.38. The molecule has 6 nitrogen and oxygen atoms in total. The Balaban J connectivity index is 2.15. The number of hydrogen-bond acceptors (Lipinski definition) is 5. The van der Waals surface area contributed by atoms with E-state index in [1.54, 1.807) is 10.6 Å². The summed E-state index contributed by atoms with van der Waals surface area (Å²) in [4.78, 5) is 21.1. The van der Waals surface area contributed by atoms with Crippen molar-refractivity contribution in [2.75, 3.05) is 5.73 Å². The van der Waals surface area contributed by atoms with E-state index in [9.17, 15) is 4.79 Å². The van der Waals surface area contributed by atoms with Gasteiger partial charge in [-0.1, -0.05) is 6.42 Å². The van der Waals surface area contributed by atoms with E-state index >= 15 is 0 Å². The summed E-state index contributed by atoms with van der Waals surface area (Å²) in [5.74, 6) is 1.40. The Labute approximate surface area is 123 Å². The monoisotopic (exact) mass is 287 g/mol. The van der Waals surface area contributed by atoms with Crippen LogP contribution in [0.1, 0.15) is 44.3 Å². The van der Waals surface area contributed by atoms with Crippen molar-refractivity contribution in [2.45, 2.75) is 51.1 Å². The second-order valence-corrected chi connectivity index (χ2v) is 5.74. The standard InChI is InChI=1S/C15H21N5O/c1-2-20-12(21)7-6-11-13(17)18-14(19-15(11)20)9-4-3-5-10(16)8-9/h6-7,9-10H,2-5,8,16H2,1H3,(H2,17,18,19). The van der Waals surface area contributed by atoms with E-state index in [1.807, 2.05) is 6.92 Å². The molecule has 1 aliphatic rings. The van der Waals surface area contributed by atoms with E-state index in [0.29, 0.717) is 18.0 Å². The molecule has 0 spiro atoms. The van der Waals surface area contributed by atoms with Crippen LogP contribution in [0.25, 0.3) is 11.0 Å². The van der Waals surface area contributed by atoms with Gasteiger partial charge >= 0.3 is 0 Å². The van der Waals surface area contributed by atoms with Gasteiger partial charge in [-0.05, 0) is 32.3 Å². The minimum Gasteiger partial charge on any atom is -0.383 e. The van der Waals surface area contributed by atoms with Crippen LogP contribution in [0.3, 0.4) is 0 Å². The van der Waals surface area contributed by atoms with Gasteiger partial charge in [-0.25, -0.2) is 9.97 Å². The average Bonchev–Trinajstić information content (AvgIpc) is 2.47. The van der Waals surface area contributed by atoms with Crippen molar-refractivity contribution in [3.63, 3.8) is 0 Å². The number of aromatic nitrogens is 3. The molecule has 0 aliphatic heterocycles. The van der Waals surface area contributed by atoms with Crippen LogP contribution in [-0.2, 0) is 6.54 Å². The summed E-state index contributed by atoms with van der Waals surface area (Å²) in [7, 11) is 0. The van der Waals surface area contributed by atoms with Gasteiger partial charge in [0.25, 0.3) is 5.56 Å². The summed E-state index contributed by atoms with van der Waals surface area (Å²) in [5.41, 5.74) is 12.7. The van der Waals surface area contributed by atoms with E-state index in [0.717, 1.165) is 36.9 Å². The number of hydrogen-bond donors (Lipinski definition) is 2. The molecule has 2 heterocycles. The fraction of sp³-hybridized carbons (Fsp3) is 0.533. The minimum absolute atomic E-state index is 0.0607. The van der Waals surface area contributed by atoms with Gasteiger partial charge in [0.15, 0.2) is 0 Å². The number of fused-ring (bicyclic) bond motifs is 1. The summed E-state index contributed by atoms with van der Waals surface area (Å²) in [6, 6.07) is 3.42. The summed E-state index contributed by atoms with van der Waals surface area (Å²) >= 11 is 0. The molecule has 0 radical (unpaired) electrons. The zero-order valence-electron chi connectivity index (χ0n) is 12.2. The molecule has 2 unspecified atom stereocenters. The molecule has 21 heavy (non-hydrogen) atoms. The molecule has 2 atom stereocenters. The minimum atomic E-state index is -0.0607. The van der Waals surface area contributed by atoms with Gasteiger partial charge in [0.1, 0.15) is 17.3 Å². The molecule has 0 bridgehead atoms. The van der Waals surface area contributed by atoms with Crippen LogP contribution in [0, 0.1) is 0 Å². The van der Waals surface area contributed by atoms with E-state index in [2.05, 4.69) is 9.97 Å². The first-order valence-electron chi connectivity index (χ1n) is 7.52. The summed E-state index contributed by atoms with van der Waals surface area (Å²) in [6.07, 6.45) is 4.05. The van der Waals surface area contributed by atoms with Crippen LogP contribution in [0.5, 0.6) is 0 Å². The molecule has 0 saturated heterocycles. The number of nitrogens with zero attached hydrogens (tertiary/aromatic N) is 3. The number of nitrogens with two attached hydrogens (primary N) is 2. The summed E-state index contributed by atoms with van der Waals surface area (Å²) in [6.45, 7) is 2.49. The number of nitrogen functional groups attached to an aromatic ring is 1. The van der Waals surface area contributed by atoms with Gasteiger partial charge < -0.3 is 11.5 Å². The fourth-order valence-corrected chi connectivity index (χ4v) is 3.16. The molecule has 112 valence electrons. The van der Waals surface area contributed by atoms with Crippen LogP contribution in [0.2, 0.25) is 0 Å². The molecular formula is C15H21N5O. The van der Waals surface area contributed by atoms with E-state index in [-0.39, 0.29) is 17.5 Å². The van der Waals surface area contributed by atoms with Crippen molar-refractivity contribution < 1.29 is 0 Å².